The summed E-state index contributed by atoms with van der Waals surface area (Å²) in [6.45, 7) is 9.36. The number of hydrogen-bond donors (Lipinski definition) is 1. The lowest BCUT2D eigenvalue weighted by molar-refractivity contribution is -0.139. The molecule has 1 aliphatic heterocycles. The maximum Gasteiger partial charge on any atom is 0.225 e. The van der Waals surface area contributed by atoms with Crippen LogP contribution in [0.5, 0.6) is 0 Å². The lowest BCUT2D eigenvalue weighted by atomic mass is 9.84. The van der Waals surface area contributed by atoms with E-state index in [0.717, 1.165) is 51.0 Å². The van der Waals surface area contributed by atoms with Crippen LogP contribution in [0.2, 0.25) is 0 Å². The van der Waals surface area contributed by atoms with Gasteiger partial charge in [0, 0.05) is 49.4 Å². The van der Waals surface area contributed by atoms with E-state index in [9.17, 15) is 9.18 Å². The number of nitrogens with one attached hydrogen (secondary N) is 1. The highest BCUT2D eigenvalue weighted by molar-refractivity contribution is 5.79. The van der Waals surface area contributed by atoms with E-state index in [1.807, 2.05) is 0 Å². The molecule has 1 aromatic carbocycles. The average Bonchev–Trinajstić information content (AvgIpc) is 2.63. The Hall–Kier alpha value is -1.62. The fourth-order valence-electron chi connectivity index (χ4n) is 4.46. The van der Waals surface area contributed by atoms with Gasteiger partial charge in [0.1, 0.15) is 5.82 Å². The number of amides is 1. The zero-order valence-corrected chi connectivity index (χ0v) is 16.2. The summed E-state index contributed by atoms with van der Waals surface area (Å²) in [4.78, 5) is 17.5. The first kappa shape index (κ1) is 19.2. The van der Waals surface area contributed by atoms with Crippen molar-refractivity contribution < 1.29 is 9.18 Å². The van der Waals surface area contributed by atoms with Crippen molar-refractivity contribution in [3.8, 4) is 0 Å². The van der Waals surface area contributed by atoms with Crippen molar-refractivity contribution in [2.45, 2.75) is 64.6 Å². The minimum atomic E-state index is -0.211. The molecule has 5 heteroatoms. The predicted molar refractivity (Wildman–Crippen MR) is 104 cm³/mol. The van der Waals surface area contributed by atoms with Crippen molar-refractivity contribution in [2.75, 3.05) is 25.0 Å². The molecule has 0 bridgehead atoms. The summed E-state index contributed by atoms with van der Waals surface area (Å²) in [5.74, 6) is 0.302. The Labute approximate surface area is 156 Å². The Kier molecular flexibility index (Phi) is 6.17. The number of rotatable bonds is 4. The van der Waals surface area contributed by atoms with Crippen LogP contribution >= 0.6 is 0 Å². The summed E-state index contributed by atoms with van der Waals surface area (Å²) in [7, 11) is 0. The number of carbonyl (C=O) groups excluding carboxylic acids is 1. The minimum absolute atomic E-state index is 0.166. The second-order valence-corrected chi connectivity index (χ2v) is 8.16. The fourth-order valence-corrected chi connectivity index (χ4v) is 4.46. The molecule has 1 heterocycles. The Bertz CT molecular complexity index is 596. The molecule has 1 aromatic rings. The first-order valence-corrected chi connectivity index (χ1v) is 10.0. The van der Waals surface area contributed by atoms with E-state index < -0.39 is 0 Å². The summed E-state index contributed by atoms with van der Waals surface area (Å²) in [5, 5.41) is 3.47. The van der Waals surface area contributed by atoms with Gasteiger partial charge in [-0.25, -0.2) is 4.39 Å². The smallest absolute Gasteiger partial charge is 0.225 e. The van der Waals surface area contributed by atoms with Crippen LogP contribution in [-0.2, 0) is 4.79 Å². The first-order valence-electron chi connectivity index (χ1n) is 10.0. The molecule has 1 unspecified atom stereocenters. The first-order chi connectivity index (χ1) is 12.4. The van der Waals surface area contributed by atoms with Gasteiger partial charge in [-0.2, -0.15) is 0 Å². The Balaban J connectivity index is 1.47. The van der Waals surface area contributed by atoms with Gasteiger partial charge in [-0.3, -0.25) is 9.69 Å². The highest BCUT2D eigenvalue weighted by Gasteiger charge is 2.33. The fraction of sp³-hybridized carbons (Fsp3) is 0.667. The van der Waals surface area contributed by atoms with Crippen LogP contribution in [0.4, 0.5) is 10.1 Å². The van der Waals surface area contributed by atoms with Gasteiger partial charge in [-0.05, 0) is 70.7 Å². The predicted octanol–water partition coefficient (Wildman–Crippen LogP) is 3.74. The summed E-state index contributed by atoms with van der Waals surface area (Å²) in [6, 6.07) is 7.87. The number of benzene rings is 1. The molecule has 144 valence electrons. The molecule has 1 amide bonds. The standard InChI is InChI=1S/C21H32FN3O/c1-15(2)25-13-12-24(14-16(25)3)21(26)17-4-8-19(9-5-17)23-20-10-6-18(22)7-11-20/h6-7,10-11,15-17,19,23H,4-5,8-9,12-14H2,1-3H3. The molecule has 1 atom stereocenters. The van der Waals surface area contributed by atoms with Crippen LogP contribution in [0.15, 0.2) is 24.3 Å². The van der Waals surface area contributed by atoms with Crippen molar-refractivity contribution >= 4 is 11.6 Å². The maximum atomic E-state index is 13.0. The molecular weight excluding hydrogens is 329 g/mol. The Morgan fingerprint density at radius 3 is 2.35 bits per heavy atom. The largest absolute Gasteiger partial charge is 0.382 e. The third-order valence-corrected chi connectivity index (χ3v) is 5.95. The maximum absolute atomic E-state index is 13.0. The van der Waals surface area contributed by atoms with Crippen molar-refractivity contribution in [3.63, 3.8) is 0 Å². The van der Waals surface area contributed by atoms with Crippen molar-refractivity contribution in [1.29, 1.82) is 0 Å². The molecule has 1 aliphatic carbocycles. The number of piperazine rings is 1. The third kappa shape index (κ3) is 4.56. The monoisotopic (exact) mass is 361 g/mol. The van der Waals surface area contributed by atoms with Gasteiger partial charge in [0.25, 0.3) is 0 Å². The lowest BCUT2D eigenvalue weighted by Gasteiger charge is -2.43. The SMILES string of the molecule is CC(C)N1CCN(C(=O)C2CCC(Nc3ccc(F)cc3)CC2)CC1C. The number of carbonyl (C=O) groups is 1. The van der Waals surface area contributed by atoms with Gasteiger partial charge in [0.2, 0.25) is 5.91 Å². The topological polar surface area (TPSA) is 35.6 Å². The molecule has 1 saturated carbocycles. The zero-order valence-electron chi connectivity index (χ0n) is 16.2. The van der Waals surface area contributed by atoms with Crippen molar-refractivity contribution in [2.24, 2.45) is 5.92 Å². The van der Waals surface area contributed by atoms with E-state index in [2.05, 4.69) is 35.9 Å². The van der Waals surface area contributed by atoms with E-state index >= 15 is 0 Å². The molecule has 0 radical (unpaired) electrons. The van der Waals surface area contributed by atoms with E-state index in [1.165, 1.54) is 12.1 Å². The van der Waals surface area contributed by atoms with Crippen LogP contribution in [0, 0.1) is 11.7 Å². The average molecular weight is 362 g/mol. The van der Waals surface area contributed by atoms with Crippen molar-refractivity contribution in [1.82, 2.24) is 9.80 Å². The van der Waals surface area contributed by atoms with Gasteiger partial charge >= 0.3 is 0 Å². The lowest BCUT2D eigenvalue weighted by Crippen LogP contribution is -2.56. The molecule has 3 rings (SSSR count). The molecule has 2 aliphatic rings. The quantitative estimate of drug-likeness (QED) is 0.887. The summed E-state index contributed by atoms with van der Waals surface area (Å²) < 4.78 is 13.0. The van der Waals surface area contributed by atoms with Gasteiger partial charge in [-0.15, -0.1) is 0 Å². The van der Waals surface area contributed by atoms with Crippen LogP contribution in [0.3, 0.4) is 0 Å². The normalized spacial score (nSPS) is 27.6. The highest BCUT2D eigenvalue weighted by Crippen LogP contribution is 2.29. The number of anilines is 1. The van der Waals surface area contributed by atoms with Crippen LogP contribution in [-0.4, -0.2) is 53.5 Å². The number of nitrogens with zero attached hydrogens (tertiary/aromatic N) is 2. The van der Waals surface area contributed by atoms with Gasteiger partial charge < -0.3 is 10.2 Å². The highest BCUT2D eigenvalue weighted by atomic mass is 19.1. The van der Waals surface area contributed by atoms with Gasteiger partial charge in [0.15, 0.2) is 0 Å². The minimum Gasteiger partial charge on any atom is -0.382 e. The molecule has 0 aromatic heterocycles. The molecular formula is C21H32FN3O. The van der Waals surface area contributed by atoms with Crippen LogP contribution < -0.4 is 5.32 Å². The molecule has 4 nitrogen and oxygen atoms in total. The second-order valence-electron chi connectivity index (χ2n) is 8.16. The summed E-state index contributed by atoms with van der Waals surface area (Å²) >= 11 is 0. The van der Waals surface area contributed by atoms with Gasteiger partial charge in [0.05, 0.1) is 0 Å². The van der Waals surface area contributed by atoms with Crippen molar-refractivity contribution in [3.05, 3.63) is 30.1 Å². The van der Waals surface area contributed by atoms with Crippen LogP contribution in [0.1, 0.15) is 46.5 Å². The molecule has 1 saturated heterocycles. The van der Waals surface area contributed by atoms with E-state index in [4.69, 9.17) is 0 Å². The molecule has 1 N–H and O–H groups in total. The van der Waals surface area contributed by atoms with Crippen LogP contribution in [0.25, 0.3) is 0 Å². The number of halogens is 1. The molecule has 26 heavy (non-hydrogen) atoms. The van der Waals surface area contributed by atoms with E-state index in [1.54, 1.807) is 12.1 Å². The second kappa shape index (κ2) is 8.38. The Morgan fingerprint density at radius 1 is 1.12 bits per heavy atom. The third-order valence-electron chi connectivity index (χ3n) is 5.95. The number of hydrogen-bond acceptors (Lipinski definition) is 3. The zero-order chi connectivity index (χ0) is 18.7. The molecule has 0 spiro atoms. The summed E-state index contributed by atoms with van der Waals surface area (Å²) in [6.07, 6.45) is 3.87. The van der Waals surface area contributed by atoms with Gasteiger partial charge in [-0.1, -0.05) is 0 Å². The molecule has 2 fully saturated rings. The van der Waals surface area contributed by atoms with E-state index in [-0.39, 0.29) is 11.7 Å². The Morgan fingerprint density at radius 2 is 1.77 bits per heavy atom. The van der Waals surface area contributed by atoms with E-state index in [0.29, 0.717) is 24.0 Å². The summed E-state index contributed by atoms with van der Waals surface area (Å²) in [5.41, 5.74) is 0.958.